The molecule has 2 atom stereocenters. The molecule has 29 heavy (non-hydrogen) atoms. The van der Waals surface area contributed by atoms with Gasteiger partial charge in [-0.3, -0.25) is 4.90 Å². The number of ether oxygens (including phenoxy) is 1. The van der Waals surface area contributed by atoms with E-state index in [1.165, 1.54) is 0 Å². The van der Waals surface area contributed by atoms with Crippen molar-refractivity contribution in [3.05, 3.63) is 33.6 Å². The molecule has 1 saturated heterocycles. The van der Waals surface area contributed by atoms with Gasteiger partial charge in [0.2, 0.25) is 0 Å². The molecule has 4 rings (SSSR count). The number of azide groups is 1. The van der Waals surface area contributed by atoms with E-state index in [4.69, 9.17) is 21.4 Å². The zero-order valence-corrected chi connectivity index (χ0v) is 17.7. The molecule has 0 spiro atoms. The van der Waals surface area contributed by atoms with E-state index in [0.717, 1.165) is 30.2 Å². The molecular formula is C19H24ClN7O2. The summed E-state index contributed by atoms with van der Waals surface area (Å²) in [4.78, 5) is 21.5. The van der Waals surface area contributed by atoms with Gasteiger partial charge < -0.3 is 4.74 Å². The summed E-state index contributed by atoms with van der Waals surface area (Å²) >= 11 is 6.17. The van der Waals surface area contributed by atoms with Crippen molar-refractivity contribution in [3.63, 3.8) is 0 Å². The fraction of sp³-hybridized carbons (Fsp3) is 0.632. The van der Waals surface area contributed by atoms with E-state index < -0.39 is 11.1 Å². The summed E-state index contributed by atoms with van der Waals surface area (Å²) in [6.07, 6.45) is 3.72. The third-order valence-corrected chi connectivity index (χ3v) is 5.77. The molecule has 2 fully saturated rings. The van der Waals surface area contributed by atoms with Gasteiger partial charge in [-0.15, -0.1) is 0 Å². The molecule has 0 aromatic carbocycles. The van der Waals surface area contributed by atoms with Crippen molar-refractivity contribution in [1.82, 2.24) is 19.7 Å². The lowest BCUT2D eigenvalue weighted by molar-refractivity contribution is -0.0246. The van der Waals surface area contributed by atoms with Crippen LogP contribution in [0.3, 0.4) is 0 Å². The number of halogens is 1. The Hall–Kier alpha value is -2.51. The normalized spacial score (nSPS) is 21.3. The van der Waals surface area contributed by atoms with E-state index in [0.29, 0.717) is 17.4 Å². The molecule has 1 aliphatic carbocycles. The summed E-state index contributed by atoms with van der Waals surface area (Å²) in [6, 6.07) is 1.75. The smallest absolute Gasteiger partial charge is 0.412 e. The standard InChI is InChI=1S/C19H24ClN7O2/c1-18(2,3)29-17(28)26-8-7-15(26)27-13-10-22-14(20)9-12(13)16(23-27)19(4,24-25-21)11-5-6-11/h9-11,15H,5-8H2,1-4H3. The lowest BCUT2D eigenvalue weighted by atomic mass is 9.91. The van der Waals surface area contributed by atoms with Crippen molar-refractivity contribution in [2.45, 2.75) is 64.3 Å². The largest absolute Gasteiger partial charge is 0.444 e. The third-order valence-electron chi connectivity index (χ3n) is 5.56. The zero-order valence-electron chi connectivity index (χ0n) is 17.0. The lowest BCUT2D eigenvalue weighted by Gasteiger charge is -2.41. The summed E-state index contributed by atoms with van der Waals surface area (Å²) < 4.78 is 7.31. The van der Waals surface area contributed by atoms with Crippen LogP contribution >= 0.6 is 11.6 Å². The minimum Gasteiger partial charge on any atom is -0.444 e. The van der Waals surface area contributed by atoms with Gasteiger partial charge in [-0.1, -0.05) is 16.7 Å². The van der Waals surface area contributed by atoms with Gasteiger partial charge in [0, 0.05) is 23.3 Å². The molecule has 1 aliphatic heterocycles. The van der Waals surface area contributed by atoms with Gasteiger partial charge in [-0.05, 0) is 58.1 Å². The van der Waals surface area contributed by atoms with Crippen LogP contribution in [0.15, 0.2) is 17.4 Å². The maximum absolute atomic E-state index is 12.6. The molecule has 2 aromatic heterocycles. The van der Waals surface area contributed by atoms with Crippen molar-refractivity contribution in [3.8, 4) is 0 Å². The molecule has 2 aliphatic rings. The van der Waals surface area contributed by atoms with Gasteiger partial charge in [0.25, 0.3) is 0 Å². The van der Waals surface area contributed by atoms with Crippen LogP contribution in [0.1, 0.15) is 58.8 Å². The first kappa shape index (κ1) is 19.8. The molecule has 0 bridgehead atoms. The summed E-state index contributed by atoms with van der Waals surface area (Å²) in [5, 5.41) is 10.1. The number of pyridine rings is 1. The first-order valence-corrected chi connectivity index (χ1v) is 10.1. The Labute approximate surface area is 173 Å². The van der Waals surface area contributed by atoms with E-state index in [2.05, 4.69) is 15.0 Å². The Balaban J connectivity index is 1.78. The van der Waals surface area contributed by atoms with Gasteiger partial charge in [-0.2, -0.15) is 5.10 Å². The van der Waals surface area contributed by atoms with Crippen molar-refractivity contribution in [1.29, 1.82) is 0 Å². The minimum atomic E-state index is -0.774. The molecule has 0 radical (unpaired) electrons. The number of amides is 1. The fourth-order valence-corrected chi connectivity index (χ4v) is 3.99. The predicted molar refractivity (Wildman–Crippen MR) is 108 cm³/mol. The van der Waals surface area contributed by atoms with Crippen LogP contribution in [-0.2, 0) is 10.3 Å². The topological polar surface area (TPSA) is 109 Å². The second kappa shape index (κ2) is 6.78. The van der Waals surface area contributed by atoms with Gasteiger partial charge >= 0.3 is 6.09 Å². The fourth-order valence-electron chi connectivity index (χ4n) is 3.83. The Morgan fingerprint density at radius 1 is 1.34 bits per heavy atom. The van der Waals surface area contributed by atoms with Crippen LogP contribution in [-0.4, -0.2) is 37.9 Å². The Bertz CT molecular complexity index is 1020. The highest BCUT2D eigenvalue weighted by molar-refractivity contribution is 6.30. The molecule has 154 valence electrons. The zero-order chi connectivity index (χ0) is 21.0. The monoisotopic (exact) mass is 417 g/mol. The second-order valence-corrected chi connectivity index (χ2v) is 9.26. The molecule has 0 N–H and O–H groups in total. The van der Waals surface area contributed by atoms with E-state index in [-0.39, 0.29) is 18.2 Å². The third kappa shape index (κ3) is 3.49. The maximum atomic E-state index is 12.6. The number of aromatic nitrogens is 3. The number of hydrogen-bond donors (Lipinski definition) is 0. The molecule has 2 aromatic rings. The highest BCUT2D eigenvalue weighted by Gasteiger charge is 2.46. The quantitative estimate of drug-likeness (QED) is 0.296. The van der Waals surface area contributed by atoms with Gasteiger partial charge in [0.15, 0.2) is 0 Å². The molecule has 2 unspecified atom stereocenters. The van der Waals surface area contributed by atoms with Crippen LogP contribution < -0.4 is 0 Å². The second-order valence-electron chi connectivity index (χ2n) is 8.87. The average molecular weight is 418 g/mol. The maximum Gasteiger partial charge on any atom is 0.412 e. The number of nitrogens with zero attached hydrogens (tertiary/aromatic N) is 7. The number of rotatable bonds is 4. The first-order valence-electron chi connectivity index (χ1n) is 9.74. The first-order chi connectivity index (χ1) is 13.6. The summed E-state index contributed by atoms with van der Waals surface area (Å²) in [7, 11) is 0. The minimum absolute atomic E-state index is 0.236. The van der Waals surface area contributed by atoms with Crippen molar-refractivity contribution >= 4 is 28.6 Å². The molecule has 10 heteroatoms. The van der Waals surface area contributed by atoms with E-state index >= 15 is 0 Å². The van der Waals surface area contributed by atoms with Gasteiger partial charge in [-0.25, -0.2) is 14.5 Å². The Morgan fingerprint density at radius 2 is 2.07 bits per heavy atom. The molecule has 3 heterocycles. The van der Waals surface area contributed by atoms with E-state index in [1.54, 1.807) is 21.8 Å². The number of hydrogen-bond acceptors (Lipinski definition) is 5. The van der Waals surface area contributed by atoms with Crippen LogP contribution in [0.25, 0.3) is 21.3 Å². The average Bonchev–Trinajstić information content (AvgIpc) is 3.36. The van der Waals surface area contributed by atoms with E-state index in [1.807, 2.05) is 27.7 Å². The molecule has 1 amide bonds. The lowest BCUT2D eigenvalue weighted by Crippen LogP contribution is -2.50. The summed E-state index contributed by atoms with van der Waals surface area (Å²) in [5.41, 5.74) is 9.26. The number of carbonyl (C=O) groups is 1. The van der Waals surface area contributed by atoms with Crippen molar-refractivity contribution in [2.24, 2.45) is 11.0 Å². The van der Waals surface area contributed by atoms with Crippen LogP contribution in [0.5, 0.6) is 0 Å². The summed E-state index contributed by atoms with van der Waals surface area (Å²) in [6.45, 7) is 8.03. The number of fused-ring (bicyclic) bond motifs is 1. The molecular weight excluding hydrogens is 394 g/mol. The number of likely N-dealkylation sites (tertiary alicyclic amines) is 1. The Morgan fingerprint density at radius 3 is 2.62 bits per heavy atom. The molecule has 9 nitrogen and oxygen atoms in total. The van der Waals surface area contributed by atoms with Crippen LogP contribution in [0.2, 0.25) is 5.15 Å². The highest BCUT2D eigenvalue weighted by atomic mass is 35.5. The molecule has 1 saturated carbocycles. The van der Waals surface area contributed by atoms with Crippen LogP contribution in [0, 0.1) is 5.92 Å². The number of carbonyl (C=O) groups excluding carboxylic acids is 1. The van der Waals surface area contributed by atoms with E-state index in [9.17, 15) is 10.3 Å². The Kier molecular flexibility index (Phi) is 4.63. The van der Waals surface area contributed by atoms with Crippen LogP contribution in [0.4, 0.5) is 4.79 Å². The highest BCUT2D eigenvalue weighted by Crippen LogP contribution is 2.50. The van der Waals surface area contributed by atoms with Crippen molar-refractivity contribution in [2.75, 3.05) is 6.54 Å². The van der Waals surface area contributed by atoms with Crippen molar-refractivity contribution < 1.29 is 9.53 Å². The van der Waals surface area contributed by atoms with Gasteiger partial charge in [0.05, 0.1) is 22.9 Å². The summed E-state index contributed by atoms with van der Waals surface area (Å²) in [5.74, 6) is 0.236. The predicted octanol–water partition coefficient (Wildman–Crippen LogP) is 5.16. The van der Waals surface area contributed by atoms with Gasteiger partial charge in [0.1, 0.15) is 16.9 Å². The SMILES string of the molecule is CC(C)(C)OC(=O)N1CCC1n1nc(C(C)(N=[N+]=[N-])C2CC2)c2cc(Cl)ncc21.